The number of hydrogen-bond donors (Lipinski definition) is 2. The van der Waals surface area contributed by atoms with E-state index in [1.165, 1.54) is 9.75 Å². The number of rotatable bonds is 5. The van der Waals surface area contributed by atoms with E-state index >= 15 is 0 Å². The van der Waals surface area contributed by atoms with E-state index in [-0.39, 0.29) is 5.91 Å². The summed E-state index contributed by atoms with van der Waals surface area (Å²) in [6.45, 7) is 6.75. The SMILES string of the molecule is CCC(=O)Nc1cccc(NCc2cc(Br)c(C)s2)c1C. The molecule has 112 valence electrons. The number of anilines is 2. The molecule has 1 amide bonds. The Morgan fingerprint density at radius 1 is 1.29 bits per heavy atom. The quantitative estimate of drug-likeness (QED) is 0.773. The van der Waals surface area contributed by atoms with E-state index in [1.807, 2.05) is 32.0 Å². The van der Waals surface area contributed by atoms with Gasteiger partial charge in [0.25, 0.3) is 0 Å². The molecule has 21 heavy (non-hydrogen) atoms. The molecule has 2 rings (SSSR count). The molecule has 0 bridgehead atoms. The Bertz CT molecular complexity index is 632. The van der Waals surface area contributed by atoms with Gasteiger partial charge in [-0.25, -0.2) is 0 Å². The van der Waals surface area contributed by atoms with Gasteiger partial charge in [-0.1, -0.05) is 13.0 Å². The zero-order valence-electron chi connectivity index (χ0n) is 12.4. The minimum atomic E-state index is 0.0352. The summed E-state index contributed by atoms with van der Waals surface area (Å²) in [4.78, 5) is 14.1. The maximum absolute atomic E-state index is 11.5. The first-order valence-corrected chi connectivity index (χ1v) is 8.50. The van der Waals surface area contributed by atoms with Crippen LogP contribution in [-0.4, -0.2) is 5.91 Å². The number of thiophene rings is 1. The standard InChI is InChI=1S/C16H19BrN2OS/c1-4-16(20)19-15-7-5-6-14(10(15)2)18-9-12-8-13(17)11(3)21-12/h5-8,18H,4,9H2,1-3H3,(H,19,20). The fraction of sp³-hybridized carbons (Fsp3) is 0.312. The lowest BCUT2D eigenvalue weighted by Gasteiger charge is -2.13. The van der Waals surface area contributed by atoms with E-state index in [4.69, 9.17) is 0 Å². The number of nitrogens with one attached hydrogen (secondary N) is 2. The van der Waals surface area contributed by atoms with Crippen LogP contribution in [0.2, 0.25) is 0 Å². The molecule has 0 aliphatic heterocycles. The average molecular weight is 367 g/mol. The molecule has 0 fully saturated rings. The zero-order valence-corrected chi connectivity index (χ0v) is 14.8. The summed E-state index contributed by atoms with van der Waals surface area (Å²) in [6, 6.07) is 8.06. The van der Waals surface area contributed by atoms with E-state index in [9.17, 15) is 4.79 Å². The maximum atomic E-state index is 11.5. The van der Waals surface area contributed by atoms with Crippen LogP contribution in [0.3, 0.4) is 0 Å². The number of carbonyl (C=O) groups is 1. The lowest BCUT2D eigenvalue weighted by molar-refractivity contribution is -0.115. The zero-order chi connectivity index (χ0) is 15.4. The summed E-state index contributed by atoms with van der Waals surface area (Å²) in [5.74, 6) is 0.0352. The monoisotopic (exact) mass is 366 g/mol. The second-order valence-corrected chi connectivity index (χ2v) is 7.05. The van der Waals surface area contributed by atoms with Crippen molar-refractivity contribution < 1.29 is 4.79 Å². The number of aryl methyl sites for hydroxylation is 1. The first-order chi connectivity index (χ1) is 10.0. The molecule has 2 N–H and O–H groups in total. The number of hydrogen-bond acceptors (Lipinski definition) is 3. The average Bonchev–Trinajstić information content (AvgIpc) is 2.78. The molecule has 0 radical (unpaired) electrons. The normalized spacial score (nSPS) is 10.5. The van der Waals surface area contributed by atoms with Crippen LogP contribution in [0.5, 0.6) is 0 Å². The van der Waals surface area contributed by atoms with E-state index in [1.54, 1.807) is 11.3 Å². The van der Waals surface area contributed by atoms with Gasteiger partial charge in [-0.3, -0.25) is 4.79 Å². The summed E-state index contributed by atoms with van der Waals surface area (Å²) in [6.07, 6.45) is 0.486. The largest absolute Gasteiger partial charge is 0.380 e. The Labute approximate surface area is 137 Å². The summed E-state index contributed by atoms with van der Waals surface area (Å²) >= 11 is 5.32. The topological polar surface area (TPSA) is 41.1 Å². The van der Waals surface area contributed by atoms with Gasteiger partial charge >= 0.3 is 0 Å². The molecular formula is C16H19BrN2OS. The molecule has 1 aromatic heterocycles. The molecule has 0 saturated carbocycles. The van der Waals surface area contributed by atoms with Crippen LogP contribution in [0.15, 0.2) is 28.7 Å². The van der Waals surface area contributed by atoms with Crippen molar-refractivity contribution in [2.24, 2.45) is 0 Å². The second kappa shape index (κ2) is 7.09. The van der Waals surface area contributed by atoms with Crippen LogP contribution >= 0.6 is 27.3 Å². The molecule has 0 aliphatic carbocycles. The predicted molar refractivity (Wildman–Crippen MR) is 94.2 cm³/mol. The van der Waals surface area contributed by atoms with Crippen LogP contribution in [0.25, 0.3) is 0 Å². The molecule has 0 unspecified atom stereocenters. The predicted octanol–water partition coefficient (Wildman–Crippen LogP) is 5.09. The minimum absolute atomic E-state index is 0.0352. The van der Waals surface area contributed by atoms with Gasteiger partial charge in [-0.05, 0) is 53.5 Å². The molecule has 1 heterocycles. The van der Waals surface area contributed by atoms with Crippen molar-refractivity contribution in [3.8, 4) is 0 Å². The molecule has 2 aromatic rings. The van der Waals surface area contributed by atoms with Gasteiger partial charge in [0.05, 0.1) is 0 Å². The van der Waals surface area contributed by atoms with E-state index in [2.05, 4.69) is 39.6 Å². The van der Waals surface area contributed by atoms with Crippen molar-refractivity contribution in [3.05, 3.63) is 44.1 Å². The molecule has 0 aliphatic rings. The smallest absolute Gasteiger partial charge is 0.224 e. The third-order valence-corrected chi connectivity index (χ3v) is 5.43. The fourth-order valence-corrected chi connectivity index (χ4v) is 3.53. The van der Waals surface area contributed by atoms with E-state index in [0.29, 0.717) is 6.42 Å². The van der Waals surface area contributed by atoms with Crippen molar-refractivity contribution in [3.63, 3.8) is 0 Å². The summed E-state index contributed by atoms with van der Waals surface area (Å²) in [5, 5.41) is 6.37. The number of amides is 1. The highest BCUT2D eigenvalue weighted by molar-refractivity contribution is 9.10. The van der Waals surface area contributed by atoms with Crippen LogP contribution < -0.4 is 10.6 Å². The molecule has 0 spiro atoms. The third-order valence-electron chi connectivity index (χ3n) is 3.29. The van der Waals surface area contributed by atoms with Gasteiger partial charge in [0.1, 0.15) is 0 Å². The number of carbonyl (C=O) groups excluding carboxylic acids is 1. The molecule has 5 heteroatoms. The summed E-state index contributed by atoms with van der Waals surface area (Å²) in [5.41, 5.74) is 2.98. The Morgan fingerprint density at radius 2 is 2.00 bits per heavy atom. The highest BCUT2D eigenvalue weighted by Gasteiger charge is 2.07. The van der Waals surface area contributed by atoms with Crippen molar-refractivity contribution in [1.82, 2.24) is 0 Å². The number of benzene rings is 1. The Hall–Kier alpha value is -1.33. The Balaban J connectivity index is 2.09. The van der Waals surface area contributed by atoms with Crippen molar-refractivity contribution in [1.29, 1.82) is 0 Å². The van der Waals surface area contributed by atoms with Crippen LogP contribution in [0, 0.1) is 13.8 Å². The van der Waals surface area contributed by atoms with Crippen molar-refractivity contribution in [2.75, 3.05) is 10.6 Å². The van der Waals surface area contributed by atoms with Crippen LogP contribution in [-0.2, 0) is 11.3 Å². The maximum Gasteiger partial charge on any atom is 0.224 e. The molecule has 3 nitrogen and oxygen atoms in total. The van der Waals surface area contributed by atoms with Crippen molar-refractivity contribution >= 4 is 44.5 Å². The van der Waals surface area contributed by atoms with Crippen LogP contribution in [0.1, 0.15) is 28.7 Å². The van der Waals surface area contributed by atoms with Crippen molar-refractivity contribution in [2.45, 2.75) is 33.7 Å². The molecule has 0 atom stereocenters. The molecule has 1 aromatic carbocycles. The highest BCUT2D eigenvalue weighted by atomic mass is 79.9. The van der Waals surface area contributed by atoms with Gasteiger partial charge in [0.2, 0.25) is 5.91 Å². The number of halogens is 1. The van der Waals surface area contributed by atoms with Gasteiger partial charge in [0.15, 0.2) is 0 Å². The first kappa shape index (κ1) is 16.0. The second-order valence-electron chi connectivity index (χ2n) is 4.85. The minimum Gasteiger partial charge on any atom is -0.380 e. The van der Waals surface area contributed by atoms with Crippen LogP contribution in [0.4, 0.5) is 11.4 Å². The molecular weight excluding hydrogens is 348 g/mol. The Kier molecular flexibility index (Phi) is 5.42. The van der Waals surface area contributed by atoms with Gasteiger partial charge in [0, 0.05) is 38.6 Å². The van der Waals surface area contributed by atoms with E-state index < -0.39 is 0 Å². The summed E-state index contributed by atoms with van der Waals surface area (Å²) in [7, 11) is 0. The highest BCUT2D eigenvalue weighted by Crippen LogP contribution is 2.28. The summed E-state index contributed by atoms with van der Waals surface area (Å²) < 4.78 is 1.16. The Morgan fingerprint density at radius 3 is 2.62 bits per heavy atom. The first-order valence-electron chi connectivity index (χ1n) is 6.89. The fourth-order valence-electron chi connectivity index (χ4n) is 1.99. The van der Waals surface area contributed by atoms with Gasteiger partial charge < -0.3 is 10.6 Å². The lowest BCUT2D eigenvalue weighted by Crippen LogP contribution is -2.11. The third kappa shape index (κ3) is 4.08. The lowest BCUT2D eigenvalue weighted by atomic mass is 10.1. The van der Waals surface area contributed by atoms with Gasteiger partial charge in [-0.15, -0.1) is 11.3 Å². The van der Waals surface area contributed by atoms with Gasteiger partial charge in [-0.2, -0.15) is 0 Å². The van der Waals surface area contributed by atoms with E-state index in [0.717, 1.165) is 28.0 Å². The molecule has 0 saturated heterocycles.